The first-order chi connectivity index (χ1) is 15.2. The van der Waals surface area contributed by atoms with Gasteiger partial charge in [-0.3, -0.25) is 14.6 Å². The lowest BCUT2D eigenvalue weighted by Crippen LogP contribution is -2.36. The molecule has 1 saturated heterocycles. The number of aryl methyl sites for hydroxylation is 1. The SMILES string of the molecule is Cc1cc(S(N)(=O)=O)cc(NC(=O)CN2CCCN(Cc3ccc(C#N)cc3)CC2)c1C. The van der Waals surface area contributed by atoms with Gasteiger partial charge < -0.3 is 5.32 Å². The molecule has 2 aromatic carbocycles. The highest BCUT2D eigenvalue weighted by Crippen LogP contribution is 2.23. The molecule has 0 saturated carbocycles. The van der Waals surface area contributed by atoms with Crippen LogP contribution < -0.4 is 10.5 Å². The molecular weight excluding hydrogens is 426 g/mol. The van der Waals surface area contributed by atoms with Gasteiger partial charge in [-0.2, -0.15) is 5.26 Å². The number of primary sulfonamides is 1. The molecule has 1 amide bonds. The van der Waals surface area contributed by atoms with Crippen LogP contribution in [0.4, 0.5) is 5.69 Å². The molecule has 170 valence electrons. The van der Waals surface area contributed by atoms with Gasteiger partial charge in [0.1, 0.15) is 0 Å². The summed E-state index contributed by atoms with van der Waals surface area (Å²) in [6, 6.07) is 12.7. The molecule has 32 heavy (non-hydrogen) atoms. The lowest BCUT2D eigenvalue weighted by atomic mass is 10.1. The first-order valence-corrected chi connectivity index (χ1v) is 12.1. The Kier molecular flexibility index (Phi) is 7.64. The maximum atomic E-state index is 12.7. The molecule has 2 aromatic rings. The molecule has 0 atom stereocenters. The Morgan fingerprint density at radius 3 is 2.41 bits per heavy atom. The van der Waals surface area contributed by atoms with Crippen LogP contribution in [0.3, 0.4) is 0 Å². The van der Waals surface area contributed by atoms with Crippen molar-refractivity contribution in [3.63, 3.8) is 0 Å². The van der Waals surface area contributed by atoms with E-state index in [1.807, 2.05) is 31.2 Å². The fraction of sp³-hybridized carbons (Fsp3) is 0.391. The van der Waals surface area contributed by atoms with Gasteiger partial charge in [0.2, 0.25) is 15.9 Å². The van der Waals surface area contributed by atoms with E-state index in [4.69, 9.17) is 10.4 Å². The summed E-state index contributed by atoms with van der Waals surface area (Å²) in [6.45, 7) is 8.03. The zero-order valence-electron chi connectivity index (χ0n) is 18.5. The number of carbonyl (C=O) groups is 1. The molecule has 0 aromatic heterocycles. The van der Waals surface area contributed by atoms with Gasteiger partial charge in [0.15, 0.2) is 0 Å². The number of nitrogens with one attached hydrogen (secondary N) is 1. The Hall–Kier alpha value is -2.77. The van der Waals surface area contributed by atoms with Gasteiger partial charge in [-0.15, -0.1) is 0 Å². The molecule has 1 aliphatic heterocycles. The summed E-state index contributed by atoms with van der Waals surface area (Å²) in [5.74, 6) is -0.181. The number of amides is 1. The Bertz CT molecular complexity index is 1120. The van der Waals surface area contributed by atoms with Gasteiger partial charge in [-0.25, -0.2) is 13.6 Å². The van der Waals surface area contributed by atoms with E-state index in [2.05, 4.69) is 21.2 Å². The number of rotatable bonds is 6. The summed E-state index contributed by atoms with van der Waals surface area (Å²) >= 11 is 0. The van der Waals surface area contributed by atoms with Crippen molar-refractivity contribution < 1.29 is 13.2 Å². The molecule has 3 rings (SSSR count). The predicted octanol–water partition coefficient (Wildman–Crippen LogP) is 1.97. The quantitative estimate of drug-likeness (QED) is 0.687. The van der Waals surface area contributed by atoms with Crippen molar-refractivity contribution in [1.29, 1.82) is 5.26 Å². The molecule has 0 unspecified atom stereocenters. The second-order valence-corrected chi connectivity index (χ2v) is 9.78. The van der Waals surface area contributed by atoms with Gasteiger partial charge >= 0.3 is 0 Å². The number of sulfonamides is 1. The Balaban J connectivity index is 1.57. The van der Waals surface area contributed by atoms with E-state index in [1.54, 1.807) is 6.92 Å². The van der Waals surface area contributed by atoms with E-state index in [0.29, 0.717) is 11.3 Å². The second kappa shape index (κ2) is 10.2. The molecule has 1 fully saturated rings. The molecule has 0 radical (unpaired) electrons. The Labute approximate surface area is 189 Å². The van der Waals surface area contributed by atoms with Crippen molar-refractivity contribution >= 4 is 21.6 Å². The van der Waals surface area contributed by atoms with Gasteiger partial charge in [-0.1, -0.05) is 12.1 Å². The number of nitrogens with two attached hydrogens (primary N) is 1. The summed E-state index contributed by atoms with van der Waals surface area (Å²) in [7, 11) is -3.85. The molecular formula is C23H29N5O3S. The van der Waals surface area contributed by atoms with Crippen molar-refractivity contribution in [2.24, 2.45) is 5.14 Å². The lowest BCUT2D eigenvalue weighted by molar-refractivity contribution is -0.117. The Morgan fingerprint density at radius 1 is 1.09 bits per heavy atom. The van der Waals surface area contributed by atoms with Gasteiger partial charge in [0.25, 0.3) is 0 Å². The molecule has 0 spiro atoms. The zero-order valence-corrected chi connectivity index (χ0v) is 19.3. The van der Waals surface area contributed by atoms with Crippen molar-refractivity contribution in [2.45, 2.75) is 31.7 Å². The van der Waals surface area contributed by atoms with Gasteiger partial charge in [0, 0.05) is 25.3 Å². The van der Waals surface area contributed by atoms with Crippen LogP contribution in [0.1, 0.15) is 28.7 Å². The topological polar surface area (TPSA) is 120 Å². The smallest absolute Gasteiger partial charge is 0.238 e. The number of benzene rings is 2. The molecule has 1 heterocycles. The maximum Gasteiger partial charge on any atom is 0.238 e. The summed E-state index contributed by atoms with van der Waals surface area (Å²) in [5.41, 5.74) is 3.85. The number of nitriles is 1. The third-order valence-corrected chi connectivity index (χ3v) is 6.67. The summed E-state index contributed by atoms with van der Waals surface area (Å²) in [5, 5.41) is 17.0. The summed E-state index contributed by atoms with van der Waals surface area (Å²) < 4.78 is 23.4. The fourth-order valence-corrected chi connectivity index (χ4v) is 4.42. The van der Waals surface area contributed by atoms with Crippen molar-refractivity contribution in [1.82, 2.24) is 9.80 Å². The molecule has 0 bridgehead atoms. The Morgan fingerprint density at radius 2 is 1.75 bits per heavy atom. The fourth-order valence-electron chi connectivity index (χ4n) is 3.80. The van der Waals surface area contributed by atoms with E-state index in [-0.39, 0.29) is 17.3 Å². The second-order valence-electron chi connectivity index (χ2n) is 8.22. The van der Waals surface area contributed by atoms with Crippen molar-refractivity contribution in [3.05, 3.63) is 58.7 Å². The first-order valence-electron chi connectivity index (χ1n) is 10.5. The van der Waals surface area contributed by atoms with Crippen LogP contribution in [-0.2, 0) is 21.4 Å². The van der Waals surface area contributed by atoms with Crippen molar-refractivity contribution in [2.75, 3.05) is 38.0 Å². The highest BCUT2D eigenvalue weighted by molar-refractivity contribution is 7.89. The van der Waals surface area contributed by atoms with Crippen LogP contribution in [0.15, 0.2) is 41.3 Å². The molecule has 0 aliphatic carbocycles. The standard InChI is InChI=1S/C23H29N5O3S/c1-17-12-21(32(25,30)31)13-22(18(17)2)26-23(29)16-28-9-3-8-27(10-11-28)15-20-6-4-19(14-24)5-7-20/h4-7,12-13H,3,8-11,15-16H2,1-2H3,(H,26,29)(H2,25,30,31). The van der Waals surface area contributed by atoms with Crippen LogP contribution in [0.5, 0.6) is 0 Å². The van der Waals surface area contributed by atoms with Crippen LogP contribution in [0.2, 0.25) is 0 Å². The van der Waals surface area contributed by atoms with E-state index in [0.717, 1.165) is 55.8 Å². The largest absolute Gasteiger partial charge is 0.325 e. The monoisotopic (exact) mass is 455 g/mol. The third-order valence-electron chi connectivity index (χ3n) is 5.78. The average molecular weight is 456 g/mol. The molecule has 8 nitrogen and oxygen atoms in total. The highest BCUT2D eigenvalue weighted by Gasteiger charge is 2.19. The summed E-state index contributed by atoms with van der Waals surface area (Å²) in [6.07, 6.45) is 0.947. The van der Waals surface area contributed by atoms with E-state index < -0.39 is 10.0 Å². The summed E-state index contributed by atoms with van der Waals surface area (Å²) in [4.78, 5) is 17.1. The van der Waals surface area contributed by atoms with Crippen molar-refractivity contribution in [3.8, 4) is 6.07 Å². The molecule has 9 heteroatoms. The molecule has 1 aliphatic rings. The zero-order chi connectivity index (χ0) is 23.3. The van der Waals surface area contributed by atoms with E-state index in [1.165, 1.54) is 12.1 Å². The minimum atomic E-state index is -3.85. The number of hydrogen-bond donors (Lipinski definition) is 2. The minimum absolute atomic E-state index is 0.0101. The van der Waals surface area contributed by atoms with Crippen LogP contribution >= 0.6 is 0 Å². The van der Waals surface area contributed by atoms with E-state index >= 15 is 0 Å². The van der Waals surface area contributed by atoms with Gasteiger partial charge in [-0.05, 0) is 74.3 Å². The maximum absolute atomic E-state index is 12.7. The highest BCUT2D eigenvalue weighted by atomic mass is 32.2. The average Bonchev–Trinajstić information content (AvgIpc) is 2.96. The minimum Gasteiger partial charge on any atom is -0.325 e. The van der Waals surface area contributed by atoms with Crippen LogP contribution in [-0.4, -0.2) is 56.8 Å². The van der Waals surface area contributed by atoms with Crippen LogP contribution in [0, 0.1) is 25.2 Å². The number of hydrogen-bond acceptors (Lipinski definition) is 6. The third kappa shape index (κ3) is 6.37. The first kappa shape index (κ1) is 23.9. The van der Waals surface area contributed by atoms with E-state index in [9.17, 15) is 13.2 Å². The van der Waals surface area contributed by atoms with Gasteiger partial charge in [0.05, 0.1) is 23.1 Å². The number of anilines is 1. The molecule has 3 N–H and O–H groups in total. The number of nitrogens with zero attached hydrogens (tertiary/aromatic N) is 3. The lowest BCUT2D eigenvalue weighted by Gasteiger charge is -2.22. The predicted molar refractivity (Wildman–Crippen MR) is 123 cm³/mol. The van der Waals surface area contributed by atoms with Crippen LogP contribution in [0.25, 0.3) is 0 Å². The number of carbonyl (C=O) groups excluding carboxylic acids is 1. The normalized spacial score (nSPS) is 15.7.